The van der Waals surface area contributed by atoms with Crippen molar-refractivity contribution in [2.45, 2.75) is 43.9 Å². The van der Waals surface area contributed by atoms with Gasteiger partial charge in [0, 0.05) is 10.6 Å². The summed E-state index contributed by atoms with van der Waals surface area (Å²) in [4.78, 5) is 12.7. The zero-order valence-corrected chi connectivity index (χ0v) is 20.2. The van der Waals surface area contributed by atoms with Crippen molar-refractivity contribution >= 4 is 17.9 Å². The van der Waals surface area contributed by atoms with Crippen LogP contribution >= 0.6 is 11.8 Å². The van der Waals surface area contributed by atoms with Gasteiger partial charge in [-0.05, 0) is 57.5 Å². The van der Waals surface area contributed by atoms with Gasteiger partial charge in [0.05, 0.1) is 6.54 Å². The zero-order chi connectivity index (χ0) is 23.2. The molecule has 0 saturated heterocycles. The molecule has 3 aromatic rings. The third-order valence-electron chi connectivity index (χ3n) is 4.05. The summed E-state index contributed by atoms with van der Waals surface area (Å²) < 4.78 is 10.8. The predicted octanol–water partition coefficient (Wildman–Crippen LogP) is 6.88. The average Bonchev–Trinajstić information content (AvgIpc) is 2.77. The van der Waals surface area contributed by atoms with Gasteiger partial charge >= 0.3 is 6.09 Å². The first-order chi connectivity index (χ1) is 15.3. The van der Waals surface area contributed by atoms with Crippen molar-refractivity contribution in [3.05, 3.63) is 96.1 Å². The van der Waals surface area contributed by atoms with E-state index in [9.17, 15) is 4.79 Å². The lowest BCUT2D eigenvalue weighted by Gasteiger charge is -2.19. The third kappa shape index (κ3) is 11.5. The fourth-order valence-corrected chi connectivity index (χ4v) is 3.40. The highest BCUT2D eigenvalue weighted by molar-refractivity contribution is 7.98. The van der Waals surface area contributed by atoms with Crippen LogP contribution in [0.5, 0.6) is 5.75 Å². The molecular formula is C27H33NO3S. The second-order valence-corrected chi connectivity index (χ2v) is 9.23. The topological polar surface area (TPSA) is 47.6 Å². The molecule has 0 radical (unpaired) electrons. The molecule has 0 spiro atoms. The second-order valence-electron chi connectivity index (χ2n) is 8.18. The molecular weight excluding hydrogens is 418 g/mol. The van der Waals surface area contributed by atoms with Crippen LogP contribution in [-0.4, -0.2) is 24.8 Å². The molecule has 0 aromatic heterocycles. The monoisotopic (exact) mass is 451 g/mol. The summed E-state index contributed by atoms with van der Waals surface area (Å²) in [6, 6.07) is 28.6. The summed E-state index contributed by atoms with van der Waals surface area (Å²) in [7, 11) is 0. The predicted molar refractivity (Wildman–Crippen MR) is 133 cm³/mol. The number of benzene rings is 3. The Labute approximate surface area is 196 Å². The van der Waals surface area contributed by atoms with Gasteiger partial charge in [0.15, 0.2) is 0 Å². The molecule has 32 heavy (non-hydrogen) atoms. The van der Waals surface area contributed by atoms with Crippen LogP contribution in [0.1, 0.15) is 31.9 Å². The highest BCUT2D eigenvalue weighted by Crippen LogP contribution is 2.24. The number of amides is 1. The standard InChI is InChI=1S/C20H25NO3S.C7H8/c1-20(2,3)24-19(22)21-13-14-23-17-9-11-18(12-10-17)25-15-16-7-5-4-6-8-16;1-7-5-3-2-4-6-7/h4-12H,13-15H2,1-3H3,(H,21,22);2-6H,1H3. The van der Waals surface area contributed by atoms with Crippen molar-refractivity contribution in [2.75, 3.05) is 13.2 Å². The minimum Gasteiger partial charge on any atom is -0.492 e. The van der Waals surface area contributed by atoms with Crippen LogP contribution in [0, 0.1) is 6.92 Å². The molecule has 1 N–H and O–H groups in total. The summed E-state index contributed by atoms with van der Waals surface area (Å²) in [5, 5.41) is 2.67. The molecule has 4 nitrogen and oxygen atoms in total. The van der Waals surface area contributed by atoms with Gasteiger partial charge in [0.1, 0.15) is 18.0 Å². The van der Waals surface area contributed by atoms with Crippen molar-refractivity contribution in [3.63, 3.8) is 0 Å². The lowest BCUT2D eigenvalue weighted by molar-refractivity contribution is 0.0520. The van der Waals surface area contributed by atoms with Crippen LogP contribution in [0.2, 0.25) is 0 Å². The lowest BCUT2D eigenvalue weighted by Crippen LogP contribution is -2.34. The molecule has 0 fully saturated rings. The molecule has 0 saturated carbocycles. The molecule has 0 aliphatic carbocycles. The Morgan fingerprint density at radius 3 is 2.00 bits per heavy atom. The Balaban J connectivity index is 0.000000439. The van der Waals surface area contributed by atoms with Gasteiger partial charge in [0.2, 0.25) is 0 Å². The number of nitrogens with one attached hydrogen (secondary N) is 1. The van der Waals surface area contributed by atoms with Gasteiger partial charge in [-0.2, -0.15) is 0 Å². The third-order valence-corrected chi connectivity index (χ3v) is 5.13. The Kier molecular flexibility index (Phi) is 10.7. The molecule has 0 aliphatic rings. The number of aryl methyl sites for hydroxylation is 1. The number of carbonyl (C=O) groups excluding carboxylic acids is 1. The van der Waals surface area contributed by atoms with E-state index in [-0.39, 0.29) is 0 Å². The molecule has 3 aromatic carbocycles. The van der Waals surface area contributed by atoms with E-state index in [4.69, 9.17) is 9.47 Å². The van der Waals surface area contributed by atoms with Crippen LogP contribution in [0.3, 0.4) is 0 Å². The average molecular weight is 452 g/mol. The minimum atomic E-state index is -0.488. The minimum absolute atomic E-state index is 0.399. The Morgan fingerprint density at radius 1 is 0.875 bits per heavy atom. The van der Waals surface area contributed by atoms with E-state index in [1.165, 1.54) is 16.0 Å². The van der Waals surface area contributed by atoms with Crippen molar-refractivity contribution in [1.82, 2.24) is 5.32 Å². The van der Waals surface area contributed by atoms with E-state index in [1.807, 2.05) is 69.3 Å². The molecule has 1 amide bonds. The number of rotatable bonds is 7. The van der Waals surface area contributed by atoms with Crippen molar-refractivity contribution in [3.8, 4) is 5.75 Å². The molecule has 0 heterocycles. The Hall–Kier alpha value is -2.92. The van der Waals surface area contributed by atoms with E-state index in [2.05, 4.69) is 48.6 Å². The number of thioether (sulfide) groups is 1. The van der Waals surface area contributed by atoms with Gasteiger partial charge in [-0.25, -0.2) is 4.79 Å². The summed E-state index contributed by atoms with van der Waals surface area (Å²) in [5.74, 6) is 1.73. The number of carbonyl (C=O) groups is 1. The van der Waals surface area contributed by atoms with Gasteiger partial charge in [0.25, 0.3) is 0 Å². The largest absolute Gasteiger partial charge is 0.492 e. The van der Waals surface area contributed by atoms with Crippen molar-refractivity contribution < 1.29 is 14.3 Å². The zero-order valence-electron chi connectivity index (χ0n) is 19.3. The highest BCUT2D eigenvalue weighted by Gasteiger charge is 2.15. The number of hydrogen-bond acceptors (Lipinski definition) is 4. The Bertz CT molecular complexity index is 907. The van der Waals surface area contributed by atoms with Gasteiger partial charge in [-0.3, -0.25) is 0 Å². The molecule has 0 atom stereocenters. The van der Waals surface area contributed by atoms with Crippen LogP contribution in [0.25, 0.3) is 0 Å². The first-order valence-corrected chi connectivity index (χ1v) is 11.7. The Morgan fingerprint density at radius 2 is 1.47 bits per heavy atom. The maximum absolute atomic E-state index is 11.5. The van der Waals surface area contributed by atoms with Gasteiger partial charge in [-0.1, -0.05) is 66.2 Å². The van der Waals surface area contributed by atoms with Crippen molar-refractivity contribution in [1.29, 1.82) is 0 Å². The fraction of sp³-hybridized carbons (Fsp3) is 0.296. The summed E-state index contributed by atoms with van der Waals surface area (Å²) in [5.41, 5.74) is 2.14. The molecule has 0 unspecified atom stereocenters. The number of ether oxygens (including phenoxy) is 2. The van der Waals surface area contributed by atoms with Crippen LogP contribution < -0.4 is 10.1 Å². The lowest BCUT2D eigenvalue weighted by atomic mass is 10.2. The van der Waals surface area contributed by atoms with E-state index in [0.29, 0.717) is 13.2 Å². The number of alkyl carbamates (subject to hydrolysis) is 1. The molecule has 3 rings (SSSR count). The van der Waals surface area contributed by atoms with E-state index in [1.54, 1.807) is 11.8 Å². The molecule has 170 valence electrons. The molecule has 0 aliphatic heterocycles. The van der Waals surface area contributed by atoms with Crippen LogP contribution in [0.15, 0.2) is 89.8 Å². The maximum atomic E-state index is 11.5. The quantitative estimate of drug-likeness (QED) is 0.314. The normalized spacial score (nSPS) is 10.5. The second kappa shape index (κ2) is 13.5. The van der Waals surface area contributed by atoms with Gasteiger partial charge < -0.3 is 14.8 Å². The number of hydrogen-bond donors (Lipinski definition) is 1. The highest BCUT2D eigenvalue weighted by atomic mass is 32.2. The summed E-state index contributed by atoms with van der Waals surface area (Å²) in [6.45, 7) is 8.39. The molecule has 0 bridgehead atoms. The van der Waals surface area contributed by atoms with E-state index >= 15 is 0 Å². The first-order valence-electron chi connectivity index (χ1n) is 10.7. The summed E-state index contributed by atoms with van der Waals surface area (Å²) >= 11 is 1.79. The summed E-state index contributed by atoms with van der Waals surface area (Å²) in [6.07, 6.45) is -0.427. The van der Waals surface area contributed by atoms with E-state index < -0.39 is 11.7 Å². The SMILES string of the molecule is CC(C)(C)OC(=O)NCCOc1ccc(SCc2ccccc2)cc1.Cc1ccccc1. The molecule has 5 heteroatoms. The van der Waals surface area contributed by atoms with Gasteiger partial charge in [-0.15, -0.1) is 11.8 Å². The maximum Gasteiger partial charge on any atom is 0.407 e. The van der Waals surface area contributed by atoms with Crippen molar-refractivity contribution in [2.24, 2.45) is 0 Å². The van der Waals surface area contributed by atoms with Crippen LogP contribution in [0.4, 0.5) is 4.79 Å². The fourth-order valence-electron chi connectivity index (χ4n) is 2.54. The van der Waals surface area contributed by atoms with Crippen LogP contribution in [-0.2, 0) is 10.5 Å². The first kappa shape index (κ1) is 25.3. The van der Waals surface area contributed by atoms with E-state index in [0.717, 1.165) is 11.5 Å². The smallest absolute Gasteiger partial charge is 0.407 e.